The predicted molar refractivity (Wildman–Crippen MR) is 262 cm³/mol. The second-order valence-electron chi connectivity index (χ2n) is 18.7. The highest BCUT2D eigenvalue weighted by atomic mass is 19.3. The molecule has 6 heterocycles. The molecule has 3 amide bonds. The first kappa shape index (κ1) is 44.0. The van der Waals surface area contributed by atoms with Gasteiger partial charge in [0.1, 0.15) is 11.6 Å². The van der Waals surface area contributed by atoms with E-state index in [1.165, 1.54) is 24.3 Å². The molecule has 0 spiro atoms. The van der Waals surface area contributed by atoms with Crippen molar-refractivity contribution in [2.24, 2.45) is 0 Å². The fraction of sp³-hybridized carbons (Fsp3) is 0.161. The van der Waals surface area contributed by atoms with E-state index in [1.54, 1.807) is 18.2 Å². The molecule has 6 aromatic carbocycles. The summed E-state index contributed by atoms with van der Waals surface area (Å²) in [6.07, 6.45) is -3.20. The zero-order chi connectivity index (χ0) is 49.9. The number of aromatic nitrogens is 3. The van der Waals surface area contributed by atoms with Gasteiger partial charge < -0.3 is 39.9 Å². The van der Waals surface area contributed by atoms with E-state index in [9.17, 15) is 31.9 Å². The van der Waals surface area contributed by atoms with Gasteiger partial charge in [0.05, 0.1) is 22.2 Å². The van der Waals surface area contributed by atoms with Crippen LogP contribution < -0.4 is 34.9 Å². The van der Waals surface area contributed by atoms with E-state index in [-0.39, 0.29) is 40.7 Å². The molecule has 2 fully saturated rings. The molecule has 5 aliphatic rings. The van der Waals surface area contributed by atoms with Gasteiger partial charge in [-0.3, -0.25) is 14.4 Å². The van der Waals surface area contributed by atoms with Crippen molar-refractivity contribution in [2.75, 3.05) is 10.6 Å². The second kappa shape index (κ2) is 16.0. The number of carbonyl (C=O) groups excluding carboxylic acids is 3. The fourth-order valence-corrected chi connectivity index (χ4v) is 10.0. The molecule has 0 saturated heterocycles. The molecule has 3 aromatic heterocycles. The lowest BCUT2D eigenvalue weighted by Gasteiger charge is -2.17. The molecule has 2 aliphatic carbocycles. The number of carbonyl (C=O) groups is 3. The van der Waals surface area contributed by atoms with E-state index in [0.717, 1.165) is 54.8 Å². The highest BCUT2D eigenvalue weighted by Gasteiger charge is 2.54. The van der Waals surface area contributed by atoms with Crippen molar-refractivity contribution in [1.29, 1.82) is 0 Å². The van der Waals surface area contributed by atoms with Gasteiger partial charge in [-0.25, -0.2) is 9.97 Å². The number of H-pyrrole nitrogens is 1. The molecule has 4 N–H and O–H groups in total. The first-order valence-corrected chi connectivity index (χ1v) is 23.4. The number of benzene rings is 6. The quantitative estimate of drug-likeness (QED) is 0.108. The summed E-state index contributed by atoms with van der Waals surface area (Å²) in [5.74, 6) is -0.0975. The van der Waals surface area contributed by atoms with Gasteiger partial charge in [0.25, 0.3) is 5.91 Å². The Hall–Kier alpha value is -8.99. The summed E-state index contributed by atoms with van der Waals surface area (Å²) in [7, 11) is 0. The second-order valence-corrected chi connectivity index (χ2v) is 18.7. The zero-order valence-corrected chi connectivity index (χ0v) is 38.2. The van der Waals surface area contributed by atoms with Crippen molar-refractivity contribution in [3.8, 4) is 45.5 Å². The van der Waals surface area contributed by atoms with Crippen LogP contribution in [0.25, 0.3) is 55.0 Å². The molecule has 0 radical (unpaired) electrons. The fourth-order valence-electron chi connectivity index (χ4n) is 10.0. The van der Waals surface area contributed by atoms with E-state index >= 15 is 0 Å². The minimum absolute atomic E-state index is 0.0415. The smallest absolute Gasteiger partial charge is 0.395 e. The third-order valence-electron chi connectivity index (χ3n) is 14.1. The number of anilines is 2. The Balaban J connectivity index is 0.000000141. The van der Waals surface area contributed by atoms with Crippen LogP contribution in [0, 0.1) is 0 Å². The first-order valence-electron chi connectivity index (χ1n) is 23.4. The van der Waals surface area contributed by atoms with E-state index in [1.807, 2.05) is 97.2 Å². The number of rotatable bonds is 8. The number of fused-ring (bicyclic) bond motifs is 6. The van der Waals surface area contributed by atoms with Crippen LogP contribution in [-0.2, 0) is 27.0 Å². The maximum absolute atomic E-state index is 13.5. The van der Waals surface area contributed by atoms with Crippen LogP contribution in [0.5, 0.6) is 23.0 Å². The summed E-state index contributed by atoms with van der Waals surface area (Å²) in [5, 5.41) is 13.5. The number of amides is 3. The minimum atomic E-state index is -3.72. The maximum atomic E-state index is 13.5. The predicted octanol–water partition coefficient (Wildman–Crippen LogP) is 11.5. The summed E-state index contributed by atoms with van der Waals surface area (Å²) in [6, 6.07) is 42.0. The number of nitrogens with zero attached hydrogens (tertiary/aromatic N) is 2. The van der Waals surface area contributed by atoms with Crippen molar-refractivity contribution in [2.45, 2.75) is 55.6 Å². The molecule has 2 saturated carbocycles. The van der Waals surface area contributed by atoms with Crippen LogP contribution in [0.3, 0.4) is 0 Å². The monoisotopic (exact) mass is 982 g/mol. The third kappa shape index (κ3) is 7.75. The Morgan fingerprint density at radius 3 is 1.59 bits per heavy atom. The molecule has 17 heteroatoms. The van der Waals surface area contributed by atoms with Crippen molar-refractivity contribution in [1.82, 2.24) is 20.3 Å². The molecule has 73 heavy (non-hydrogen) atoms. The van der Waals surface area contributed by atoms with Crippen LogP contribution >= 0.6 is 0 Å². The van der Waals surface area contributed by atoms with Gasteiger partial charge in [-0.2, -0.15) is 0 Å². The Morgan fingerprint density at radius 1 is 0.534 bits per heavy atom. The highest BCUT2D eigenvalue weighted by molar-refractivity contribution is 6.06. The summed E-state index contributed by atoms with van der Waals surface area (Å²) >= 11 is 0. The van der Waals surface area contributed by atoms with Gasteiger partial charge in [0.15, 0.2) is 23.0 Å². The van der Waals surface area contributed by atoms with Crippen molar-refractivity contribution in [3.05, 3.63) is 168 Å². The van der Waals surface area contributed by atoms with Gasteiger partial charge in [0, 0.05) is 51.1 Å². The average Bonchev–Trinajstić information content (AvgIpc) is 4.21. The zero-order valence-electron chi connectivity index (χ0n) is 38.2. The van der Waals surface area contributed by atoms with Crippen molar-refractivity contribution in [3.63, 3.8) is 0 Å². The number of nitrogens with one attached hydrogen (secondary N) is 4. The molecule has 13 nitrogen and oxygen atoms in total. The number of alkyl halides is 4. The molecule has 9 aromatic rings. The normalized spacial score (nSPS) is 17.3. The standard InChI is InChI=1S/C28H19F2N3O4.C28H19F2N3O3/c29-28(30)36-21-8-7-18(13-22(21)37-28)27(9-10-27)26(35)33-23-12-15-3-1-2-4-19(15)24(32-23)16-5-6-17-14-31-25(34)20(17)11-16;29-28(30)35-22-8-6-19(15-23(22)36-28)27(10-11-27)26(34)33-24-14-16-3-1-2-4-20(16)25(32-24)18-5-7-21-17(13-18)9-12-31-21/h1-8,11-13H,9-10,14H2,(H,31,34)(H,32,33,35);1-9,12-15,31H,10-11H2,(H,32,33,34). The third-order valence-corrected chi connectivity index (χ3v) is 14.1. The summed E-state index contributed by atoms with van der Waals surface area (Å²) in [4.78, 5) is 52.0. The van der Waals surface area contributed by atoms with Crippen LogP contribution in [0.15, 0.2) is 146 Å². The number of hydrogen-bond acceptors (Lipinski definition) is 9. The van der Waals surface area contributed by atoms with Gasteiger partial charge in [-0.15, -0.1) is 17.6 Å². The van der Waals surface area contributed by atoms with Gasteiger partial charge in [-0.1, -0.05) is 78.9 Å². The van der Waals surface area contributed by atoms with Crippen LogP contribution in [0.2, 0.25) is 0 Å². The number of hydrogen-bond donors (Lipinski definition) is 4. The maximum Gasteiger partial charge on any atom is 0.586 e. The largest absolute Gasteiger partial charge is 0.586 e. The van der Waals surface area contributed by atoms with Crippen LogP contribution in [0.4, 0.5) is 29.2 Å². The number of aromatic amines is 1. The van der Waals surface area contributed by atoms with E-state index in [0.29, 0.717) is 66.2 Å². The Morgan fingerprint density at radius 2 is 1.04 bits per heavy atom. The lowest BCUT2D eigenvalue weighted by molar-refractivity contribution is -0.287. The summed E-state index contributed by atoms with van der Waals surface area (Å²) < 4.78 is 72.0. The molecular weight excluding hydrogens is 945 g/mol. The van der Waals surface area contributed by atoms with Gasteiger partial charge >= 0.3 is 12.6 Å². The molecule has 3 aliphatic heterocycles. The lowest BCUT2D eigenvalue weighted by atomic mass is 9.94. The molecular formula is C56H38F4N6O7. The van der Waals surface area contributed by atoms with Crippen molar-refractivity contribution < 1.29 is 50.9 Å². The molecule has 0 atom stereocenters. The minimum Gasteiger partial charge on any atom is -0.395 e. The van der Waals surface area contributed by atoms with Crippen molar-refractivity contribution >= 4 is 61.8 Å². The lowest BCUT2D eigenvalue weighted by Crippen LogP contribution is -2.28. The molecule has 0 unspecified atom stereocenters. The SMILES string of the molecule is O=C(Nc1cc2ccccc2c(-c2ccc3[nH]ccc3c2)n1)C1(c2ccc3c(c2)OC(F)(F)O3)CC1.O=C1NCc2ccc(-c3nc(NC(=O)C4(c5ccc6c(c5)OC(F)(F)O6)CC4)cc4ccccc34)cc21. The topological polar surface area (TPSA) is 166 Å². The summed E-state index contributed by atoms with van der Waals surface area (Å²) in [5.41, 5.74) is 5.19. The Bertz CT molecular complexity index is 3830. The van der Waals surface area contributed by atoms with Crippen LogP contribution in [-0.4, -0.2) is 45.3 Å². The average molecular weight is 983 g/mol. The molecule has 362 valence electrons. The first-order chi connectivity index (χ1) is 35.2. The van der Waals surface area contributed by atoms with E-state index in [2.05, 4.69) is 45.9 Å². The van der Waals surface area contributed by atoms with Crippen LogP contribution in [0.1, 0.15) is 52.7 Å². The molecule has 14 rings (SSSR count). The molecule has 0 bridgehead atoms. The summed E-state index contributed by atoms with van der Waals surface area (Å²) in [6.45, 7) is 0.498. The number of ether oxygens (including phenoxy) is 4. The number of pyridine rings is 2. The van der Waals surface area contributed by atoms with E-state index in [4.69, 9.17) is 9.97 Å². The van der Waals surface area contributed by atoms with E-state index < -0.39 is 23.4 Å². The van der Waals surface area contributed by atoms with Gasteiger partial charge in [-0.05, 0) is 114 Å². The Kier molecular flexibility index (Phi) is 9.65. The van der Waals surface area contributed by atoms with Gasteiger partial charge in [0.2, 0.25) is 11.8 Å². The Labute approximate surface area is 411 Å². The number of halogens is 4. The highest BCUT2D eigenvalue weighted by Crippen LogP contribution is 2.54.